The molecule has 0 radical (unpaired) electrons. The molecule has 0 rings (SSSR count). The van der Waals surface area contributed by atoms with E-state index in [4.69, 9.17) is 37.0 Å². The van der Waals surface area contributed by atoms with Crippen molar-refractivity contribution in [3.63, 3.8) is 0 Å². The third kappa shape index (κ3) is 78.0. The second kappa shape index (κ2) is 74.2. The van der Waals surface area contributed by atoms with Gasteiger partial charge in [-0.1, -0.05) is 389 Å². The number of unbranched alkanes of at least 4 members (excludes halogenated alkanes) is 50. The van der Waals surface area contributed by atoms with Gasteiger partial charge in [-0.05, 0) is 43.4 Å². The fraction of sp³-hybridized carbons (Fsp3) is 0.952. The molecule has 0 aromatic carbocycles. The van der Waals surface area contributed by atoms with Crippen LogP contribution in [0.15, 0.2) is 0 Å². The summed E-state index contributed by atoms with van der Waals surface area (Å²) in [7, 11) is -9.93. The Labute approximate surface area is 632 Å². The smallest absolute Gasteiger partial charge is 0.462 e. The van der Waals surface area contributed by atoms with Crippen molar-refractivity contribution in [1.82, 2.24) is 0 Å². The largest absolute Gasteiger partial charge is 0.472 e. The quantitative estimate of drug-likeness (QED) is 0.0222. The molecule has 0 amide bonds. The molecule has 0 saturated carbocycles. The average Bonchev–Trinajstić information content (AvgIpc) is 0.911. The van der Waals surface area contributed by atoms with Crippen LogP contribution >= 0.6 is 15.6 Å². The topological polar surface area (TPSA) is 237 Å². The fourth-order valence-electron chi connectivity index (χ4n) is 13.0. The summed E-state index contributed by atoms with van der Waals surface area (Å²) in [6, 6.07) is 0. The minimum Gasteiger partial charge on any atom is -0.462 e. The molecule has 0 aliphatic rings. The van der Waals surface area contributed by atoms with Gasteiger partial charge >= 0.3 is 39.5 Å². The van der Waals surface area contributed by atoms with Gasteiger partial charge in [0.25, 0.3) is 0 Å². The molecule has 2 unspecified atom stereocenters. The van der Waals surface area contributed by atoms with Gasteiger partial charge in [-0.25, -0.2) is 9.13 Å². The third-order valence-corrected chi connectivity index (χ3v) is 21.5. The second-order valence-electron chi connectivity index (χ2n) is 31.6. The van der Waals surface area contributed by atoms with Crippen molar-refractivity contribution in [2.45, 2.75) is 458 Å². The number of esters is 4. The van der Waals surface area contributed by atoms with Crippen LogP contribution < -0.4 is 0 Å². The number of aliphatic hydroxyl groups excluding tert-OH is 1. The standard InChI is InChI=1S/C84H164O17P2/c1-8-9-10-11-12-13-14-15-16-17-18-19-20-21-26-32-37-46-53-60-67-83(88)100-79(71-94-81(86)65-58-51-44-36-31-25-23-22-24-29-34-41-48-55-62-75(2)3)73-98-102(90,91)96-69-78(85)70-97-103(92,93)99-74-80(72-95-82(87)66-59-52-45-40-39-43-50-57-64-77(6)7)101-84(89)68-61-54-47-38-33-28-27-30-35-42-49-56-63-76(4)5/h75-80,85H,8-74H2,1-7H3,(H,90,91)(H,92,93)/t78-,79-,80-/m1/s1. The van der Waals surface area contributed by atoms with Crippen LogP contribution in [0.2, 0.25) is 0 Å². The maximum absolute atomic E-state index is 13.1. The first-order valence-corrected chi connectivity index (χ1v) is 46.3. The van der Waals surface area contributed by atoms with Crippen LogP contribution in [0.25, 0.3) is 0 Å². The Morgan fingerprint density at radius 1 is 0.262 bits per heavy atom. The van der Waals surface area contributed by atoms with Gasteiger partial charge in [-0.3, -0.25) is 37.3 Å². The summed E-state index contributed by atoms with van der Waals surface area (Å²) < 4.78 is 68.8. The van der Waals surface area contributed by atoms with Gasteiger partial charge in [0.15, 0.2) is 12.2 Å². The van der Waals surface area contributed by atoms with Crippen LogP contribution in [0.1, 0.15) is 440 Å². The van der Waals surface area contributed by atoms with Gasteiger partial charge in [0, 0.05) is 25.7 Å². The first-order valence-electron chi connectivity index (χ1n) is 43.3. The lowest BCUT2D eigenvalue weighted by molar-refractivity contribution is -0.161. The van der Waals surface area contributed by atoms with Crippen LogP contribution in [0, 0.1) is 17.8 Å². The summed E-state index contributed by atoms with van der Waals surface area (Å²) in [5, 5.41) is 10.7. The van der Waals surface area contributed by atoms with Crippen molar-refractivity contribution >= 4 is 39.5 Å². The molecule has 0 aliphatic heterocycles. The number of carbonyl (C=O) groups is 4. The summed E-state index contributed by atoms with van der Waals surface area (Å²) in [6.45, 7) is 12.0. The van der Waals surface area contributed by atoms with Crippen LogP contribution in [-0.2, 0) is 65.4 Å². The number of hydrogen-bond acceptors (Lipinski definition) is 15. The lowest BCUT2D eigenvalue weighted by Crippen LogP contribution is -2.30. The molecular weight excluding hydrogens is 1340 g/mol. The lowest BCUT2D eigenvalue weighted by Gasteiger charge is -2.21. The van der Waals surface area contributed by atoms with Crippen LogP contribution in [0.3, 0.4) is 0 Å². The summed E-state index contributed by atoms with van der Waals surface area (Å²) in [5.74, 6) is 0.195. The minimum absolute atomic E-state index is 0.106. The highest BCUT2D eigenvalue weighted by Crippen LogP contribution is 2.45. The molecule has 5 atom stereocenters. The Bertz CT molecular complexity index is 1990. The highest BCUT2D eigenvalue weighted by Gasteiger charge is 2.30. The molecule has 0 aromatic heterocycles. The van der Waals surface area contributed by atoms with Gasteiger partial charge in [-0.2, -0.15) is 0 Å². The van der Waals surface area contributed by atoms with Crippen LogP contribution in [-0.4, -0.2) is 96.7 Å². The third-order valence-electron chi connectivity index (χ3n) is 19.6. The Morgan fingerprint density at radius 3 is 0.660 bits per heavy atom. The highest BCUT2D eigenvalue weighted by molar-refractivity contribution is 7.47. The van der Waals surface area contributed by atoms with Crippen LogP contribution in [0.5, 0.6) is 0 Å². The van der Waals surface area contributed by atoms with E-state index in [0.717, 1.165) is 108 Å². The maximum Gasteiger partial charge on any atom is 0.472 e. The zero-order valence-corrected chi connectivity index (χ0v) is 69.6. The molecule has 3 N–H and O–H groups in total. The molecule has 0 saturated heterocycles. The highest BCUT2D eigenvalue weighted by atomic mass is 31.2. The number of aliphatic hydroxyl groups is 1. The number of ether oxygens (including phenoxy) is 4. The normalized spacial score (nSPS) is 13.9. The summed E-state index contributed by atoms with van der Waals surface area (Å²) in [5.41, 5.74) is 0. The molecular formula is C84H164O17P2. The Balaban J connectivity index is 5.25. The van der Waals surface area contributed by atoms with E-state index >= 15 is 0 Å². The van der Waals surface area contributed by atoms with Gasteiger partial charge in [0.05, 0.1) is 26.4 Å². The van der Waals surface area contributed by atoms with E-state index in [1.54, 1.807) is 0 Å². The Hall–Kier alpha value is -1.94. The molecule has 612 valence electrons. The summed E-state index contributed by atoms with van der Waals surface area (Å²) in [6.07, 6.45) is 63.9. The van der Waals surface area contributed by atoms with Gasteiger partial charge < -0.3 is 33.8 Å². The summed E-state index contributed by atoms with van der Waals surface area (Å²) in [4.78, 5) is 73.2. The predicted octanol–water partition coefficient (Wildman–Crippen LogP) is 25.3. The first-order chi connectivity index (χ1) is 49.7. The number of carbonyl (C=O) groups excluding carboxylic acids is 4. The van der Waals surface area contributed by atoms with Gasteiger partial charge in [-0.15, -0.1) is 0 Å². The van der Waals surface area contributed by atoms with Crippen molar-refractivity contribution in [1.29, 1.82) is 0 Å². The molecule has 0 aromatic rings. The molecule has 103 heavy (non-hydrogen) atoms. The first kappa shape index (κ1) is 101. The van der Waals surface area contributed by atoms with Gasteiger partial charge in [0.1, 0.15) is 19.3 Å². The van der Waals surface area contributed by atoms with Crippen LogP contribution in [0.4, 0.5) is 0 Å². The lowest BCUT2D eigenvalue weighted by atomic mass is 10.0. The fourth-order valence-corrected chi connectivity index (χ4v) is 14.6. The minimum atomic E-state index is -4.96. The van der Waals surface area contributed by atoms with Crippen molar-refractivity contribution in [2.24, 2.45) is 17.8 Å². The maximum atomic E-state index is 13.1. The predicted molar refractivity (Wildman–Crippen MR) is 423 cm³/mol. The SMILES string of the molecule is CCCCCCCCCCCCCCCCCCCCCCC(=O)O[C@H](COC(=O)CCCCCCCCCCCCCCCCC(C)C)COP(=O)(O)OC[C@@H](O)COP(=O)(O)OC[C@@H](COC(=O)CCCCCCCCCCC(C)C)OC(=O)CCCCCCCCCCCCCCC(C)C. The molecule has 0 heterocycles. The number of phosphoric acid groups is 2. The Kier molecular flexibility index (Phi) is 72.8. The Morgan fingerprint density at radius 2 is 0.447 bits per heavy atom. The average molecular weight is 1510 g/mol. The van der Waals surface area contributed by atoms with Gasteiger partial charge in [0.2, 0.25) is 0 Å². The second-order valence-corrected chi connectivity index (χ2v) is 34.6. The molecule has 0 spiro atoms. The van der Waals surface area contributed by atoms with Crippen molar-refractivity contribution in [2.75, 3.05) is 39.6 Å². The summed E-state index contributed by atoms with van der Waals surface area (Å²) >= 11 is 0. The molecule has 17 nitrogen and oxygen atoms in total. The van der Waals surface area contributed by atoms with Crippen molar-refractivity contribution in [3.8, 4) is 0 Å². The van der Waals surface area contributed by atoms with E-state index in [-0.39, 0.29) is 25.7 Å². The number of phosphoric ester groups is 2. The zero-order valence-electron chi connectivity index (χ0n) is 67.8. The molecule has 0 fully saturated rings. The van der Waals surface area contributed by atoms with E-state index < -0.39 is 97.5 Å². The van der Waals surface area contributed by atoms with E-state index in [9.17, 15) is 43.2 Å². The van der Waals surface area contributed by atoms with Crippen molar-refractivity contribution < 1.29 is 80.2 Å². The monoisotopic (exact) mass is 1510 g/mol. The van der Waals surface area contributed by atoms with E-state index in [0.29, 0.717) is 25.7 Å². The number of hydrogen-bond donors (Lipinski definition) is 3. The molecule has 0 aliphatic carbocycles. The van der Waals surface area contributed by atoms with Crippen molar-refractivity contribution in [3.05, 3.63) is 0 Å². The zero-order chi connectivity index (χ0) is 75.8. The molecule has 19 heteroatoms. The number of rotatable bonds is 82. The van der Waals surface area contributed by atoms with E-state index in [1.165, 1.54) is 250 Å². The van der Waals surface area contributed by atoms with E-state index in [1.807, 2.05) is 0 Å². The van der Waals surface area contributed by atoms with E-state index in [2.05, 4.69) is 48.5 Å². The molecule has 0 bridgehead atoms.